The molecule has 2 aromatic rings. The number of nitrogens with one attached hydrogen (secondary N) is 2. The molecule has 2 aromatic carbocycles. The topological polar surface area (TPSA) is 83.2 Å². The van der Waals surface area contributed by atoms with Crippen LogP contribution in [0, 0.1) is 5.92 Å². The molecule has 6 heteroatoms. The Labute approximate surface area is 183 Å². The van der Waals surface area contributed by atoms with E-state index in [1.807, 2.05) is 42.5 Å². The largest absolute Gasteiger partial charge is 0.504 e. The number of quaternary nitrogens is 1. The average molecular weight is 426 g/mol. The molecule has 1 amide bonds. The fraction of sp³-hybridized carbons (Fsp3) is 0.480. The van der Waals surface area contributed by atoms with Gasteiger partial charge in [0.2, 0.25) is 0 Å². The van der Waals surface area contributed by atoms with Crippen LogP contribution in [0.4, 0.5) is 0 Å². The third-order valence-electron chi connectivity index (χ3n) is 7.07. The van der Waals surface area contributed by atoms with Crippen molar-refractivity contribution in [1.82, 2.24) is 5.32 Å². The second kappa shape index (κ2) is 9.28. The summed E-state index contributed by atoms with van der Waals surface area (Å²) in [5, 5.41) is 24.5. The van der Waals surface area contributed by atoms with Crippen LogP contribution in [0.2, 0.25) is 0 Å². The Bertz CT molecular complexity index is 904. The van der Waals surface area contributed by atoms with Crippen LogP contribution < -0.4 is 15.0 Å². The summed E-state index contributed by atoms with van der Waals surface area (Å²) in [4.78, 5) is 14.0. The van der Waals surface area contributed by atoms with Gasteiger partial charge in [-0.1, -0.05) is 43.2 Å². The number of phenols is 1. The van der Waals surface area contributed by atoms with Crippen molar-refractivity contribution in [3.63, 3.8) is 0 Å². The van der Waals surface area contributed by atoms with Crippen LogP contribution in [0.5, 0.6) is 11.5 Å². The quantitative estimate of drug-likeness (QED) is 0.570. The number of aliphatic hydroxyl groups is 1. The fourth-order valence-corrected chi connectivity index (χ4v) is 5.47. The van der Waals surface area contributed by atoms with E-state index in [0.717, 1.165) is 48.3 Å². The maximum absolute atomic E-state index is 12.8. The van der Waals surface area contributed by atoms with Crippen LogP contribution >= 0.6 is 0 Å². The van der Waals surface area contributed by atoms with Crippen LogP contribution in [0.1, 0.15) is 49.3 Å². The molecule has 0 bridgehead atoms. The van der Waals surface area contributed by atoms with Crippen molar-refractivity contribution < 1.29 is 24.6 Å². The lowest BCUT2D eigenvalue weighted by Gasteiger charge is -2.50. The summed E-state index contributed by atoms with van der Waals surface area (Å²) in [5.41, 5.74) is 1.40. The van der Waals surface area contributed by atoms with Gasteiger partial charge in [-0.25, -0.2) is 0 Å². The number of ether oxygens (including phenoxy) is 1. The lowest BCUT2D eigenvalue weighted by molar-refractivity contribution is -0.937. The smallest absolute Gasteiger partial charge is 0.275 e. The van der Waals surface area contributed by atoms with Gasteiger partial charge in [-0.3, -0.25) is 4.79 Å². The zero-order chi connectivity index (χ0) is 21.8. The summed E-state index contributed by atoms with van der Waals surface area (Å²) in [7, 11) is 1.54. The molecule has 6 nitrogen and oxygen atoms in total. The van der Waals surface area contributed by atoms with Gasteiger partial charge in [0.1, 0.15) is 6.04 Å². The maximum Gasteiger partial charge on any atom is 0.275 e. The summed E-state index contributed by atoms with van der Waals surface area (Å²) >= 11 is 0. The Morgan fingerprint density at radius 2 is 2.00 bits per heavy atom. The van der Waals surface area contributed by atoms with E-state index in [4.69, 9.17) is 4.74 Å². The van der Waals surface area contributed by atoms with E-state index in [2.05, 4.69) is 5.32 Å². The zero-order valence-corrected chi connectivity index (χ0v) is 18.1. The minimum absolute atomic E-state index is 0.0100. The third-order valence-corrected chi connectivity index (χ3v) is 7.07. The number of piperidine rings is 1. The highest BCUT2D eigenvalue weighted by Crippen LogP contribution is 2.45. The summed E-state index contributed by atoms with van der Waals surface area (Å²) in [6.45, 7) is 1.60. The van der Waals surface area contributed by atoms with Crippen molar-refractivity contribution in [3.8, 4) is 11.5 Å². The van der Waals surface area contributed by atoms with E-state index >= 15 is 0 Å². The number of rotatable bonds is 6. The van der Waals surface area contributed by atoms with Gasteiger partial charge < -0.3 is 25.2 Å². The number of amides is 1. The van der Waals surface area contributed by atoms with E-state index in [-0.39, 0.29) is 23.6 Å². The van der Waals surface area contributed by atoms with Crippen molar-refractivity contribution in [3.05, 3.63) is 59.7 Å². The number of hydrogen-bond acceptors (Lipinski definition) is 4. The van der Waals surface area contributed by atoms with Crippen molar-refractivity contribution in [2.45, 2.75) is 50.3 Å². The molecule has 166 valence electrons. The average Bonchev–Trinajstić information content (AvgIpc) is 2.79. The Balaban J connectivity index is 1.55. The SMILES string of the molecule is COc1cc([C@@H]2[C@@H]3CCCC[C@@]3(O)CC[NH+]2CC(=O)NCc2ccccc2)ccc1O. The number of carbonyl (C=O) groups excluding carboxylic acids is 1. The molecule has 1 unspecified atom stereocenters. The lowest BCUT2D eigenvalue weighted by atomic mass is 9.66. The molecule has 0 spiro atoms. The van der Waals surface area contributed by atoms with Crippen LogP contribution in [-0.4, -0.2) is 41.9 Å². The molecule has 0 radical (unpaired) electrons. The number of phenolic OH excluding ortho intramolecular Hbond substituents is 1. The van der Waals surface area contributed by atoms with E-state index in [1.54, 1.807) is 6.07 Å². The molecule has 0 aromatic heterocycles. The number of carbonyl (C=O) groups is 1. The highest BCUT2D eigenvalue weighted by Gasteiger charge is 2.52. The summed E-state index contributed by atoms with van der Waals surface area (Å²) in [6.07, 6.45) is 4.61. The Hall–Kier alpha value is -2.57. The molecular weight excluding hydrogens is 392 g/mol. The number of fused-ring (bicyclic) bond motifs is 1. The molecule has 1 aliphatic carbocycles. The lowest BCUT2D eigenvalue weighted by Crippen LogP contribution is -3.16. The molecule has 4 N–H and O–H groups in total. The van der Waals surface area contributed by atoms with Crippen LogP contribution in [0.15, 0.2) is 48.5 Å². The predicted molar refractivity (Wildman–Crippen MR) is 118 cm³/mol. The standard InChI is InChI=1S/C25H32N2O4/c1-31-22-15-19(10-11-21(22)28)24-20-9-5-6-12-25(20,30)13-14-27(24)17-23(29)26-16-18-7-3-2-4-8-18/h2-4,7-8,10-11,15,20,24,28,30H,5-6,9,12-14,16-17H2,1H3,(H,26,29)/p+1/t20-,24+,25+/m0/s1. The first kappa shape index (κ1) is 21.7. The number of methoxy groups -OCH3 is 1. The molecule has 1 aliphatic heterocycles. The van der Waals surface area contributed by atoms with Crippen LogP contribution in [-0.2, 0) is 11.3 Å². The second-order valence-electron chi connectivity index (χ2n) is 8.96. The van der Waals surface area contributed by atoms with Crippen LogP contribution in [0.25, 0.3) is 0 Å². The minimum atomic E-state index is -0.682. The van der Waals surface area contributed by atoms with Crippen LogP contribution in [0.3, 0.4) is 0 Å². The predicted octanol–water partition coefficient (Wildman–Crippen LogP) is 1.97. The van der Waals surface area contributed by atoms with Crippen molar-refractivity contribution >= 4 is 5.91 Å². The van der Waals surface area contributed by atoms with Crippen molar-refractivity contribution in [2.75, 3.05) is 20.2 Å². The first-order valence-corrected chi connectivity index (χ1v) is 11.2. The van der Waals surface area contributed by atoms with E-state index < -0.39 is 5.60 Å². The van der Waals surface area contributed by atoms with Gasteiger partial charge >= 0.3 is 0 Å². The van der Waals surface area contributed by atoms with Gasteiger partial charge in [-0.05, 0) is 36.6 Å². The summed E-state index contributed by atoms with van der Waals surface area (Å²) in [5.74, 6) is 0.621. The number of benzene rings is 2. The Morgan fingerprint density at radius 1 is 1.19 bits per heavy atom. The summed E-state index contributed by atoms with van der Waals surface area (Å²) in [6, 6.07) is 15.3. The number of aromatic hydroxyl groups is 1. The van der Waals surface area contributed by atoms with E-state index in [0.29, 0.717) is 25.3 Å². The highest BCUT2D eigenvalue weighted by atomic mass is 16.5. The molecular formula is C25H33N2O4+. The molecule has 4 rings (SSSR count). The molecule has 4 atom stereocenters. The first-order valence-electron chi connectivity index (χ1n) is 11.2. The number of likely N-dealkylation sites (tertiary alicyclic amines) is 1. The Kier molecular flexibility index (Phi) is 6.49. The van der Waals surface area contributed by atoms with Gasteiger partial charge in [-0.2, -0.15) is 0 Å². The highest BCUT2D eigenvalue weighted by molar-refractivity contribution is 5.76. The molecule has 1 saturated heterocycles. The third kappa shape index (κ3) is 4.70. The van der Waals surface area contributed by atoms with Crippen molar-refractivity contribution in [2.24, 2.45) is 5.92 Å². The number of hydrogen-bond donors (Lipinski definition) is 4. The van der Waals surface area contributed by atoms with Gasteiger partial charge in [0.15, 0.2) is 18.0 Å². The minimum Gasteiger partial charge on any atom is -0.504 e. The first-order chi connectivity index (χ1) is 15.0. The molecule has 1 saturated carbocycles. The van der Waals surface area contributed by atoms with Gasteiger partial charge in [0.25, 0.3) is 5.91 Å². The maximum atomic E-state index is 12.8. The van der Waals surface area contributed by atoms with Gasteiger partial charge in [0.05, 0.1) is 19.3 Å². The molecule has 1 heterocycles. The fourth-order valence-electron chi connectivity index (χ4n) is 5.47. The van der Waals surface area contributed by atoms with E-state index in [9.17, 15) is 15.0 Å². The normalized spacial score (nSPS) is 27.9. The molecule has 2 aliphatic rings. The summed E-state index contributed by atoms with van der Waals surface area (Å²) < 4.78 is 5.34. The van der Waals surface area contributed by atoms with E-state index in [1.165, 1.54) is 7.11 Å². The van der Waals surface area contributed by atoms with Crippen molar-refractivity contribution in [1.29, 1.82) is 0 Å². The monoisotopic (exact) mass is 425 g/mol. The zero-order valence-electron chi connectivity index (χ0n) is 18.1. The molecule has 31 heavy (non-hydrogen) atoms. The molecule has 2 fully saturated rings. The Morgan fingerprint density at radius 3 is 2.77 bits per heavy atom. The van der Waals surface area contributed by atoms with Gasteiger partial charge in [-0.15, -0.1) is 0 Å². The van der Waals surface area contributed by atoms with Gasteiger partial charge in [0, 0.05) is 24.4 Å². The second-order valence-corrected chi connectivity index (χ2v) is 8.96.